The molecule has 5 heterocycles. The van der Waals surface area contributed by atoms with E-state index in [1.807, 2.05) is 43.4 Å². The van der Waals surface area contributed by atoms with E-state index in [9.17, 15) is 0 Å². The Hall–Kier alpha value is -9.45. The highest BCUT2D eigenvalue weighted by molar-refractivity contribution is 6.28. The van der Waals surface area contributed by atoms with Gasteiger partial charge in [0.25, 0.3) is 0 Å². The fourth-order valence-electron chi connectivity index (χ4n) is 11.3. The first-order chi connectivity index (χ1) is 34.7. The molecule has 0 unspecified atom stereocenters. The number of hydrogen-bond acceptors (Lipinski definition) is 5. The van der Waals surface area contributed by atoms with E-state index >= 15 is 0 Å². The largest absolute Gasteiger partial charge is 0.264 e. The van der Waals surface area contributed by atoms with Crippen LogP contribution in [0.1, 0.15) is 0 Å². The Kier molecular flexibility index (Phi) is 8.29. The van der Waals surface area contributed by atoms with Crippen LogP contribution in [0.4, 0.5) is 0 Å². The summed E-state index contributed by atoms with van der Waals surface area (Å²) in [7, 11) is 0. The lowest BCUT2D eigenvalue weighted by Gasteiger charge is -2.23. The van der Waals surface area contributed by atoms with Crippen LogP contribution in [-0.2, 0) is 0 Å². The predicted octanol–water partition coefficient (Wildman–Crippen LogP) is 16.7. The molecule has 0 atom stereocenters. The average Bonchev–Trinajstić information content (AvgIpc) is 3.43. The zero-order valence-corrected chi connectivity index (χ0v) is 37.5. The summed E-state index contributed by atoms with van der Waals surface area (Å²) in [4.78, 5) is 25.7. The molecule has 70 heavy (non-hydrogen) atoms. The van der Waals surface area contributed by atoms with Crippen LogP contribution in [0.15, 0.2) is 219 Å². The van der Waals surface area contributed by atoms with Crippen LogP contribution in [-0.4, -0.2) is 24.9 Å². The smallest absolute Gasteiger partial charge is 0.0979 e. The minimum Gasteiger partial charge on any atom is -0.264 e. The van der Waals surface area contributed by atoms with E-state index in [4.69, 9.17) is 19.9 Å². The van der Waals surface area contributed by atoms with E-state index in [0.717, 1.165) is 142 Å². The third-order valence-corrected chi connectivity index (χ3v) is 14.5. The maximum atomic E-state index is 6.09. The molecule has 0 aliphatic rings. The van der Waals surface area contributed by atoms with Crippen molar-refractivity contribution in [3.63, 3.8) is 0 Å². The number of pyridine rings is 5. The zero-order chi connectivity index (χ0) is 45.9. The minimum atomic E-state index is 0.775. The van der Waals surface area contributed by atoms with Gasteiger partial charge in [-0.3, -0.25) is 19.9 Å². The Bertz CT molecular complexity index is 4730. The van der Waals surface area contributed by atoms with E-state index in [1.165, 1.54) is 10.8 Å². The number of rotatable bonds is 4. The summed E-state index contributed by atoms with van der Waals surface area (Å²) in [6, 6.07) is 67.4. The van der Waals surface area contributed by atoms with Crippen molar-refractivity contribution in [1.29, 1.82) is 0 Å². The molecule has 5 heteroatoms. The number of aromatic nitrogens is 5. The van der Waals surface area contributed by atoms with Gasteiger partial charge in [-0.25, -0.2) is 4.98 Å². The quantitative estimate of drug-likeness (QED) is 0.130. The van der Waals surface area contributed by atoms with Gasteiger partial charge in [0.15, 0.2) is 0 Å². The third kappa shape index (κ3) is 5.82. The molecule has 15 rings (SSSR count). The molecule has 321 valence electrons. The van der Waals surface area contributed by atoms with Crippen LogP contribution in [0.2, 0.25) is 0 Å². The summed E-state index contributed by atoms with van der Waals surface area (Å²) in [5, 5.41) is 22.0. The fraction of sp³-hybridized carbons (Fsp3) is 0. The van der Waals surface area contributed by atoms with Crippen molar-refractivity contribution in [3.8, 4) is 44.9 Å². The van der Waals surface area contributed by atoms with Crippen molar-refractivity contribution in [2.45, 2.75) is 0 Å². The van der Waals surface area contributed by atoms with Crippen molar-refractivity contribution in [2.75, 3.05) is 0 Å². The van der Waals surface area contributed by atoms with Crippen LogP contribution in [0, 0.1) is 6.07 Å². The summed E-state index contributed by atoms with van der Waals surface area (Å²) in [5.74, 6) is 0. The van der Waals surface area contributed by atoms with E-state index in [1.54, 1.807) is 0 Å². The molecule has 0 bridgehead atoms. The van der Waals surface area contributed by atoms with E-state index < -0.39 is 0 Å². The summed E-state index contributed by atoms with van der Waals surface area (Å²) >= 11 is 0. The Balaban J connectivity index is 1.18. The molecule has 15 aromatic rings. The van der Waals surface area contributed by atoms with Crippen molar-refractivity contribution in [2.24, 2.45) is 0 Å². The maximum Gasteiger partial charge on any atom is 0.0979 e. The lowest BCUT2D eigenvalue weighted by molar-refractivity contribution is 1.28. The van der Waals surface area contributed by atoms with E-state index in [-0.39, 0.29) is 0 Å². The topological polar surface area (TPSA) is 64.5 Å². The minimum absolute atomic E-state index is 0.775. The summed E-state index contributed by atoms with van der Waals surface area (Å²) in [6.45, 7) is 0. The molecule has 1 radical (unpaired) electrons. The molecule has 10 aromatic carbocycles. The van der Waals surface area contributed by atoms with Crippen molar-refractivity contribution in [3.05, 3.63) is 225 Å². The highest BCUT2D eigenvalue weighted by Gasteiger charge is 2.27. The monoisotopic (exact) mass is 886 g/mol. The average molecular weight is 887 g/mol. The molecular weight excluding hydrogens is 851 g/mol. The molecule has 5 aromatic heterocycles. The van der Waals surface area contributed by atoms with Gasteiger partial charge in [-0.2, -0.15) is 0 Å². The van der Waals surface area contributed by atoms with Crippen molar-refractivity contribution < 1.29 is 0 Å². The number of nitrogens with zero attached hydrogens (tertiary/aromatic N) is 5. The number of benzene rings is 10. The van der Waals surface area contributed by atoms with Gasteiger partial charge in [-0.1, -0.05) is 140 Å². The van der Waals surface area contributed by atoms with E-state index in [0.29, 0.717) is 0 Å². The highest BCUT2D eigenvalue weighted by Crippen LogP contribution is 2.51. The Labute approximate surface area is 401 Å². The lowest BCUT2D eigenvalue weighted by Crippen LogP contribution is -2.01. The van der Waals surface area contributed by atoms with Crippen LogP contribution in [0.25, 0.3) is 153 Å². The summed E-state index contributed by atoms with van der Waals surface area (Å²) in [5.41, 5.74) is 7.36. The van der Waals surface area contributed by atoms with Gasteiger partial charge < -0.3 is 0 Å². The van der Waals surface area contributed by atoms with Crippen LogP contribution >= 0.6 is 0 Å². The lowest BCUT2D eigenvalue weighted by atomic mass is 9.83. The molecule has 0 saturated heterocycles. The van der Waals surface area contributed by atoms with Gasteiger partial charge in [0.2, 0.25) is 0 Å². The molecule has 5 nitrogen and oxygen atoms in total. The Morgan fingerprint density at radius 1 is 0.329 bits per heavy atom. The van der Waals surface area contributed by atoms with Crippen molar-refractivity contribution in [1.82, 2.24) is 24.9 Å². The second kappa shape index (κ2) is 15.0. The van der Waals surface area contributed by atoms with Gasteiger partial charge in [0.05, 0.1) is 17.1 Å². The second-order valence-corrected chi connectivity index (χ2v) is 18.3. The van der Waals surface area contributed by atoms with Gasteiger partial charge in [0.1, 0.15) is 0 Å². The maximum absolute atomic E-state index is 6.09. The highest BCUT2D eigenvalue weighted by atomic mass is 14.8. The second-order valence-electron chi connectivity index (χ2n) is 18.3. The third-order valence-electron chi connectivity index (χ3n) is 14.5. The van der Waals surface area contributed by atoms with E-state index in [2.05, 4.69) is 187 Å². The standard InChI is InChI=1S/C65H36N5/c1-4-12-49-38(8-1)17-21-46-34-69-59(32-54(46)49)65-62-55(45-20-19-42-28-43-25-27-66-33-48(43)30-47(42)29-45)31-44-10-3-6-14-51(44)61(62)63(58-37-68-36-57-50-13-5-2-9-39(50)22-23-52(57)58)64(70-65)53-15-7-11-41-18-16-40-24-26-67-35-56(40)60(41)53/h1-30,32-37H. The van der Waals surface area contributed by atoms with Gasteiger partial charge in [-0.15, -0.1) is 0 Å². The normalized spacial score (nSPS) is 12.0. The first kappa shape index (κ1) is 38.6. The van der Waals surface area contributed by atoms with Gasteiger partial charge >= 0.3 is 0 Å². The Morgan fingerprint density at radius 3 is 1.89 bits per heavy atom. The first-order valence-corrected chi connectivity index (χ1v) is 23.6. The van der Waals surface area contributed by atoms with Gasteiger partial charge in [0, 0.05) is 103 Å². The molecule has 0 amide bonds. The zero-order valence-electron chi connectivity index (χ0n) is 37.5. The first-order valence-electron chi connectivity index (χ1n) is 23.6. The summed E-state index contributed by atoms with van der Waals surface area (Å²) < 4.78 is 0. The van der Waals surface area contributed by atoms with Crippen molar-refractivity contribution >= 4 is 108 Å². The van der Waals surface area contributed by atoms with Crippen LogP contribution < -0.4 is 0 Å². The SMILES string of the molecule is [c]1c(-c2ccc3cc4ccncc4cc3c2)c2c(-c3cc4c(ccc5ccccc54)cn3)nc(-c3cccc4ccc5ccncc5c34)c(-c3cncc4c3ccc3ccccc34)c2c2ccccc12. The number of hydrogen-bond donors (Lipinski definition) is 0. The number of fused-ring (bicyclic) bond motifs is 14. The Morgan fingerprint density at radius 2 is 1.00 bits per heavy atom. The molecule has 0 saturated carbocycles. The van der Waals surface area contributed by atoms with Gasteiger partial charge in [-0.05, 0) is 118 Å². The fourth-order valence-corrected chi connectivity index (χ4v) is 11.3. The molecule has 0 aliphatic heterocycles. The molecule has 0 aliphatic carbocycles. The molecular formula is C65H36N5. The predicted molar refractivity (Wildman–Crippen MR) is 291 cm³/mol. The summed E-state index contributed by atoms with van der Waals surface area (Å²) in [6.07, 6.45) is 13.7. The van der Waals surface area contributed by atoms with Crippen LogP contribution in [0.5, 0.6) is 0 Å². The molecule has 0 fully saturated rings. The van der Waals surface area contributed by atoms with Crippen LogP contribution in [0.3, 0.4) is 0 Å². The molecule has 0 N–H and O–H groups in total. The molecule has 0 spiro atoms.